The normalized spacial score (nSPS) is 16.8. The van der Waals surface area contributed by atoms with Crippen molar-refractivity contribution in [3.05, 3.63) is 44.4 Å². The summed E-state index contributed by atoms with van der Waals surface area (Å²) in [6.07, 6.45) is 1.51. The molecule has 0 spiro atoms. The van der Waals surface area contributed by atoms with Crippen LogP contribution in [0.3, 0.4) is 0 Å². The quantitative estimate of drug-likeness (QED) is 0.535. The van der Waals surface area contributed by atoms with Gasteiger partial charge in [-0.2, -0.15) is 0 Å². The molecular weight excluding hydrogens is 406 g/mol. The molecule has 2 aromatic rings. The van der Waals surface area contributed by atoms with Crippen LogP contribution in [0.5, 0.6) is 0 Å². The molecule has 30 heavy (non-hydrogen) atoms. The molecule has 9 nitrogen and oxygen atoms in total. The molecule has 0 saturated carbocycles. The maximum Gasteiger partial charge on any atom is 0.271 e. The van der Waals surface area contributed by atoms with E-state index < -0.39 is 4.92 Å². The van der Waals surface area contributed by atoms with Gasteiger partial charge in [-0.05, 0) is 45.7 Å². The molecule has 10 heteroatoms. The number of aromatic nitrogens is 1. The van der Waals surface area contributed by atoms with Crippen molar-refractivity contribution in [2.75, 3.05) is 30.3 Å². The van der Waals surface area contributed by atoms with E-state index in [1.54, 1.807) is 13.0 Å². The molecule has 0 aliphatic carbocycles. The molecule has 1 aliphatic heterocycles. The Morgan fingerprint density at radius 2 is 2.07 bits per heavy atom. The van der Waals surface area contributed by atoms with Crippen molar-refractivity contribution in [3.8, 4) is 0 Å². The maximum absolute atomic E-state index is 12.7. The smallest absolute Gasteiger partial charge is 0.271 e. The number of carbonyl (C=O) groups excluding carboxylic acids is 2. The Morgan fingerprint density at radius 1 is 1.30 bits per heavy atom. The zero-order chi connectivity index (χ0) is 21.8. The SMILES string of the molecule is Cc1ccc([N+](=O)[O-])cc1NC(=O)C1CCCN(CC(=O)Nc2nc(C)c(C)s2)C1. The number of nitrogens with one attached hydrogen (secondary N) is 2. The summed E-state index contributed by atoms with van der Waals surface area (Å²) in [4.78, 5) is 43.0. The molecule has 1 unspecified atom stereocenters. The molecule has 1 aromatic carbocycles. The molecule has 2 amide bonds. The van der Waals surface area contributed by atoms with Crippen LogP contribution in [0.25, 0.3) is 0 Å². The van der Waals surface area contributed by atoms with E-state index in [4.69, 9.17) is 0 Å². The molecule has 3 rings (SSSR count). The Bertz CT molecular complexity index is 955. The number of hydrogen-bond donors (Lipinski definition) is 2. The van der Waals surface area contributed by atoms with Gasteiger partial charge in [-0.25, -0.2) is 4.98 Å². The van der Waals surface area contributed by atoms with Crippen molar-refractivity contribution in [2.45, 2.75) is 33.6 Å². The van der Waals surface area contributed by atoms with Gasteiger partial charge in [0.15, 0.2) is 5.13 Å². The number of hydrogen-bond acceptors (Lipinski definition) is 7. The highest BCUT2D eigenvalue weighted by Crippen LogP contribution is 2.25. The van der Waals surface area contributed by atoms with Crippen molar-refractivity contribution in [3.63, 3.8) is 0 Å². The van der Waals surface area contributed by atoms with Crippen molar-refractivity contribution in [1.29, 1.82) is 0 Å². The van der Waals surface area contributed by atoms with Gasteiger partial charge in [0.05, 0.1) is 28.8 Å². The Morgan fingerprint density at radius 3 is 2.73 bits per heavy atom. The van der Waals surface area contributed by atoms with E-state index in [0.717, 1.165) is 29.1 Å². The molecule has 1 atom stereocenters. The van der Waals surface area contributed by atoms with Crippen LogP contribution < -0.4 is 10.6 Å². The summed E-state index contributed by atoms with van der Waals surface area (Å²) in [6.45, 7) is 7.04. The lowest BCUT2D eigenvalue weighted by Gasteiger charge is -2.31. The van der Waals surface area contributed by atoms with Crippen LogP contribution in [-0.4, -0.2) is 46.3 Å². The number of non-ortho nitro benzene ring substituents is 1. The molecule has 0 radical (unpaired) electrons. The Kier molecular flexibility index (Phi) is 6.78. The second-order valence-electron chi connectivity index (χ2n) is 7.53. The van der Waals surface area contributed by atoms with Gasteiger partial charge < -0.3 is 10.6 Å². The standard InChI is InChI=1S/C20H25N5O4S/c1-12-6-7-16(25(28)29)9-17(12)22-19(27)15-5-4-8-24(10-15)11-18(26)23-20-21-13(2)14(3)30-20/h6-7,9,15H,4-5,8,10-11H2,1-3H3,(H,22,27)(H,21,23,26). The van der Waals surface area contributed by atoms with Crippen molar-refractivity contribution >= 4 is 39.7 Å². The highest BCUT2D eigenvalue weighted by molar-refractivity contribution is 7.15. The lowest BCUT2D eigenvalue weighted by Crippen LogP contribution is -2.44. The third-order valence-corrected chi connectivity index (χ3v) is 6.20. The Balaban J connectivity index is 1.57. The largest absolute Gasteiger partial charge is 0.325 e. The first-order chi connectivity index (χ1) is 14.2. The zero-order valence-electron chi connectivity index (χ0n) is 17.2. The van der Waals surface area contributed by atoms with Crippen molar-refractivity contribution < 1.29 is 14.5 Å². The first-order valence-electron chi connectivity index (χ1n) is 9.75. The number of benzene rings is 1. The van der Waals surface area contributed by atoms with Crippen LogP contribution in [0.2, 0.25) is 0 Å². The minimum Gasteiger partial charge on any atom is -0.325 e. The minimum atomic E-state index is -0.485. The van der Waals surface area contributed by atoms with Gasteiger partial charge in [-0.1, -0.05) is 6.07 Å². The molecular formula is C20H25N5O4S. The topological polar surface area (TPSA) is 117 Å². The van der Waals surface area contributed by atoms with Gasteiger partial charge in [0.25, 0.3) is 5.69 Å². The van der Waals surface area contributed by atoms with Crippen LogP contribution in [0.15, 0.2) is 18.2 Å². The number of aryl methyl sites for hydroxylation is 3. The van der Waals surface area contributed by atoms with Crippen LogP contribution in [0, 0.1) is 36.8 Å². The van der Waals surface area contributed by atoms with E-state index in [2.05, 4.69) is 15.6 Å². The van der Waals surface area contributed by atoms with E-state index >= 15 is 0 Å². The lowest BCUT2D eigenvalue weighted by atomic mass is 9.97. The summed E-state index contributed by atoms with van der Waals surface area (Å²) in [5, 5.41) is 17.2. The molecule has 2 N–H and O–H groups in total. The number of thiazole rings is 1. The summed E-state index contributed by atoms with van der Waals surface area (Å²) in [5.74, 6) is -0.622. The first kappa shape index (κ1) is 21.8. The molecule has 1 fully saturated rings. The molecule has 2 heterocycles. The van der Waals surface area contributed by atoms with E-state index in [1.807, 2.05) is 18.7 Å². The van der Waals surface area contributed by atoms with Gasteiger partial charge in [-0.15, -0.1) is 11.3 Å². The molecule has 0 bridgehead atoms. The van der Waals surface area contributed by atoms with E-state index in [9.17, 15) is 19.7 Å². The molecule has 1 saturated heterocycles. The summed E-state index contributed by atoms with van der Waals surface area (Å²) in [7, 11) is 0. The highest BCUT2D eigenvalue weighted by atomic mass is 32.1. The number of carbonyl (C=O) groups is 2. The number of anilines is 2. The van der Waals surface area contributed by atoms with Crippen LogP contribution in [-0.2, 0) is 9.59 Å². The third-order valence-electron chi connectivity index (χ3n) is 5.21. The summed E-state index contributed by atoms with van der Waals surface area (Å²) in [5.41, 5.74) is 2.04. The van der Waals surface area contributed by atoms with Gasteiger partial charge >= 0.3 is 0 Å². The fourth-order valence-corrected chi connectivity index (χ4v) is 4.23. The maximum atomic E-state index is 12.7. The number of piperidine rings is 1. The van der Waals surface area contributed by atoms with Crippen molar-refractivity contribution in [2.24, 2.45) is 5.92 Å². The Hall–Kier alpha value is -2.85. The minimum absolute atomic E-state index is 0.0644. The van der Waals surface area contributed by atoms with Gasteiger partial charge in [0, 0.05) is 23.6 Å². The van der Waals surface area contributed by atoms with Crippen LogP contribution in [0.4, 0.5) is 16.5 Å². The number of likely N-dealkylation sites (tertiary alicyclic amines) is 1. The number of nitrogens with zero attached hydrogens (tertiary/aromatic N) is 3. The number of nitro benzene ring substituents is 1. The molecule has 160 valence electrons. The Labute approximate surface area is 178 Å². The van der Waals surface area contributed by atoms with Gasteiger partial charge in [-0.3, -0.25) is 24.6 Å². The number of nitro groups is 1. The van der Waals surface area contributed by atoms with E-state index in [0.29, 0.717) is 23.8 Å². The van der Waals surface area contributed by atoms with E-state index in [-0.39, 0.29) is 30.0 Å². The summed E-state index contributed by atoms with van der Waals surface area (Å²) < 4.78 is 0. The van der Waals surface area contributed by atoms with Gasteiger partial charge in [0.2, 0.25) is 11.8 Å². The zero-order valence-corrected chi connectivity index (χ0v) is 18.0. The molecule has 1 aliphatic rings. The second kappa shape index (κ2) is 9.31. The second-order valence-corrected chi connectivity index (χ2v) is 8.73. The third kappa shape index (κ3) is 5.39. The van der Waals surface area contributed by atoms with Crippen LogP contribution >= 0.6 is 11.3 Å². The van der Waals surface area contributed by atoms with Crippen LogP contribution in [0.1, 0.15) is 29.0 Å². The first-order valence-corrected chi connectivity index (χ1v) is 10.6. The summed E-state index contributed by atoms with van der Waals surface area (Å²) >= 11 is 1.44. The number of amides is 2. The fourth-order valence-electron chi connectivity index (χ4n) is 3.39. The average molecular weight is 432 g/mol. The monoisotopic (exact) mass is 431 g/mol. The highest BCUT2D eigenvalue weighted by Gasteiger charge is 2.27. The average Bonchev–Trinajstić information content (AvgIpc) is 3.00. The summed E-state index contributed by atoms with van der Waals surface area (Å²) in [6, 6.07) is 4.41. The lowest BCUT2D eigenvalue weighted by molar-refractivity contribution is -0.384. The predicted octanol–water partition coefficient (Wildman–Crippen LogP) is 3.27. The van der Waals surface area contributed by atoms with E-state index in [1.165, 1.54) is 23.5 Å². The fraction of sp³-hybridized carbons (Fsp3) is 0.450. The van der Waals surface area contributed by atoms with Gasteiger partial charge in [0.1, 0.15) is 0 Å². The molecule has 1 aromatic heterocycles. The predicted molar refractivity (Wildman–Crippen MR) is 116 cm³/mol. The van der Waals surface area contributed by atoms with Crippen molar-refractivity contribution in [1.82, 2.24) is 9.88 Å². The number of rotatable bonds is 6.